The van der Waals surface area contributed by atoms with Crippen molar-refractivity contribution >= 4 is 5.65 Å². The Morgan fingerprint density at radius 2 is 2.20 bits per heavy atom. The van der Waals surface area contributed by atoms with Crippen molar-refractivity contribution in [1.29, 1.82) is 0 Å². The summed E-state index contributed by atoms with van der Waals surface area (Å²) in [5, 5.41) is 4.41. The van der Waals surface area contributed by atoms with Gasteiger partial charge in [0.05, 0.1) is 11.4 Å². The van der Waals surface area contributed by atoms with Crippen molar-refractivity contribution in [2.24, 2.45) is 0 Å². The van der Waals surface area contributed by atoms with Gasteiger partial charge >= 0.3 is 0 Å². The van der Waals surface area contributed by atoms with Gasteiger partial charge in [-0.15, -0.1) is 0 Å². The second-order valence-electron chi connectivity index (χ2n) is 4.17. The summed E-state index contributed by atoms with van der Waals surface area (Å²) in [6, 6.07) is 1.91. The van der Waals surface area contributed by atoms with Gasteiger partial charge in [0.1, 0.15) is 5.65 Å². The summed E-state index contributed by atoms with van der Waals surface area (Å²) >= 11 is 0. The number of rotatable bonds is 0. The molecule has 0 fully saturated rings. The van der Waals surface area contributed by atoms with E-state index >= 15 is 0 Å². The van der Waals surface area contributed by atoms with E-state index in [0.717, 1.165) is 48.3 Å². The fraction of sp³-hybridized carbons (Fsp3) is 0.455. The summed E-state index contributed by atoms with van der Waals surface area (Å²) in [6.07, 6.45) is 4.13. The predicted octanol–water partition coefficient (Wildman–Crippen LogP) is 1.21. The normalized spacial score (nSPS) is 15.5. The lowest BCUT2D eigenvalue weighted by Crippen LogP contribution is -2.22. The number of nitrogens with zero attached hydrogens (tertiary/aromatic N) is 2. The van der Waals surface area contributed by atoms with Crippen LogP contribution in [-0.2, 0) is 12.8 Å². The van der Waals surface area contributed by atoms with Crippen LogP contribution >= 0.6 is 0 Å². The summed E-state index contributed by atoms with van der Waals surface area (Å²) in [7, 11) is 0. The SMILES string of the molecule is Cc1cc2[nH]c(=O)c3c(n2n1)CCCC3. The average molecular weight is 203 g/mol. The fourth-order valence-electron chi connectivity index (χ4n) is 2.35. The average Bonchev–Trinajstić information content (AvgIpc) is 2.59. The largest absolute Gasteiger partial charge is 0.307 e. The lowest BCUT2D eigenvalue weighted by Gasteiger charge is -2.15. The van der Waals surface area contributed by atoms with Crippen molar-refractivity contribution in [3.05, 3.63) is 33.4 Å². The van der Waals surface area contributed by atoms with Gasteiger partial charge < -0.3 is 4.98 Å². The molecule has 15 heavy (non-hydrogen) atoms. The van der Waals surface area contributed by atoms with Gasteiger partial charge in [-0.05, 0) is 32.6 Å². The zero-order valence-corrected chi connectivity index (χ0v) is 8.71. The maximum Gasteiger partial charge on any atom is 0.254 e. The molecule has 1 N–H and O–H groups in total. The summed E-state index contributed by atoms with van der Waals surface area (Å²) in [6.45, 7) is 1.94. The van der Waals surface area contributed by atoms with E-state index in [2.05, 4.69) is 10.1 Å². The highest BCUT2D eigenvalue weighted by atomic mass is 16.1. The highest BCUT2D eigenvalue weighted by Gasteiger charge is 2.17. The van der Waals surface area contributed by atoms with Crippen LogP contribution < -0.4 is 5.56 Å². The number of H-pyrrole nitrogens is 1. The van der Waals surface area contributed by atoms with Crippen molar-refractivity contribution in [3.8, 4) is 0 Å². The van der Waals surface area contributed by atoms with Gasteiger partial charge in [-0.1, -0.05) is 0 Å². The second kappa shape index (κ2) is 2.95. The lowest BCUT2D eigenvalue weighted by molar-refractivity contribution is 0.634. The zero-order valence-electron chi connectivity index (χ0n) is 8.71. The summed E-state index contributed by atoms with van der Waals surface area (Å²) < 4.78 is 1.89. The number of nitrogens with one attached hydrogen (secondary N) is 1. The van der Waals surface area contributed by atoms with E-state index in [1.165, 1.54) is 0 Å². The first-order chi connectivity index (χ1) is 7.25. The molecule has 0 saturated carbocycles. The Bertz CT molecular complexity index is 579. The molecule has 0 bridgehead atoms. The minimum atomic E-state index is 0.0668. The molecule has 2 heterocycles. The first-order valence-electron chi connectivity index (χ1n) is 5.36. The molecule has 1 aliphatic rings. The van der Waals surface area contributed by atoms with Gasteiger partial charge in [-0.3, -0.25) is 4.79 Å². The summed E-state index contributed by atoms with van der Waals surface area (Å²) in [5.41, 5.74) is 3.87. The van der Waals surface area contributed by atoms with Crippen LogP contribution in [0.5, 0.6) is 0 Å². The van der Waals surface area contributed by atoms with E-state index in [0.29, 0.717) is 0 Å². The van der Waals surface area contributed by atoms with Crippen LogP contribution in [0.2, 0.25) is 0 Å². The smallest absolute Gasteiger partial charge is 0.254 e. The molecule has 0 radical (unpaired) electrons. The van der Waals surface area contributed by atoms with E-state index in [9.17, 15) is 4.79 Å². The van der Waals surface area contributed by atoms with Crippen LogP contribution in [0, 0.1) is 6.92 Å². The fourth-order valence-corrected chi connectivity index (χ4v) is 2.35. The van der Waals surface area contributed by atoms with E-state index in [4.69, 9.17) is 0 Å². The Labute approximate surface area is 86.9 Å². The molecule has 4 heteroatoms. The molecule has 78 valence electrons. The Morgan fingerprint density at radius 1 is 1.40 bits per heavy atom. The van der Waals surface area contributed by atoms with Gasteiger partial charge in [0, 0.05) is 11.6 Å². The van der Waals surface area contributed by atoms with Gasteiger partial charge in [0.15, 0.2) is 0 Å². The van der Waals surface area contributed by atoms with Crippen molar-refractivity contribution in [1.82, 2.24) is 14.6 Å². The van der Waals surface area contributed by atoms with Gasteiger partial charge in [-0.25, -0.2) is 4.52 Å². The molecular weight excluding hydrogens is 190 g/mol. The third-order valence-electron chi connectivity index (χ3n) is 3.04. The van der Waals surface area contributed by atoms with E-state index < -0.39 is 0 Å². The first-order valence-corrected chi connectivity index (χ1v) is 5.36. The number of aromatic nitrogens is 3. The maximum absolute atomic E-state index is 11.8. The molecule has 1 aliphatic carbocycles. The van der Waals surface area contributed by atoms with Crippen LogP contribution in [0.25, 0.3) is 5.65 Å². The number of fused-ring (bicyclic) bond motifs is 3. The number of aromatic amines is 1. The molecule has 4 nitrogen and oxygen atoms in total. The van der Waals surface area contributed by atoms with Gasteiger partial charge in [0.25, 0.3) is 5.56 Å². The third-order valence-corrected chi connectivity index (χ3v) is 3.04. The molecule has 0 spiro atoms. The Kier molecular flexibility index (Phi) is 1.71. The topological polar surface area (TPSA) is 50.2 Å². The first kappa shape index (κ1) is 8.71. The molecule has 0 amide bonds. The van der Waals surface area contributed by atoms with Crippen LogP contribution in [0.3, 0.4) is 0 Å². The number of aryl methyl sites for hydroxylation is 2. The predicted molar refractivity (Wildman–Crippen MR) is 57.2 cm³/mol. The van der Waals surface area contributed by atoms with E-state index in [1.807, 2.05) is 17.5 Å². The zero-order chi connectivity index (χ0) is 10.4. The summed E-state index contributed by atoms with van der Waals surface area (Å²) in [4.78, 5) is 14.7. The molecule has 0 saturated heterocycles. The molecular formula is C11H13N3O. The van der Waals surface area contributed by atoms with Crippen LogP contribution in [-0.4, -0.2) is 14.6 Å². The monoisotopic (exact) mass is 203 g/mol. The maximum atomic E-state index is 11.8. The molecule has 2 aromatic rings. The van der Waals surface area contributed by atoms with Crippen LogP contribution in [0.4, 0.5) is 0 Å². The van der Waals surface area contributed by atoms with Crippen LogP contribution in [0.15, 0.2) is 10.9 Å². The van der Waals surface area contributed by atoms with Gasteiger partial charge in [0.2, 0.25) is 0 Å². The molecule has 0 aliphatic heterocycles. The minimum absolute atomic E-state index is 0.0668. The molecule has 0 atom stereocenters. The van der Waals surface area contributed by atoms with Crippen molar-refractivity contribution in [2.45, 2.75) is 32.6 Å². The molecule has 3 rings (SSSR count). The summed E-state index contributed by atoms with van der Waals surface area (Å²) in [5.74, 6) is 0. The van der Waals surface area contributed by atoms with Crippen molar-refractivity contribution in [3.63, 3.8) is 0 Å². The van der Waals surface area contributed by atoms with Crippen molar-refractivity contribution < 1.29 is 0 Å². The van der Waals surface area contributed by atoms with E-state index in [1.54, 1.807) is 0 Å². The van der Waals surface area contributed by atoms with E-state index in [-0.39, 0.29) is 5.56 Å². The Hall–Kier alpha value is -1.58. The van der Waals surface area contributed by atoms with Crippen molar-refractivity contribution in [2.75, 3.05) is 0 Å². The molecule has 2 aromatic heterocycles. The number of hydrogen-bond acceptors (Lipinski definition) is 2. The minimum Gasteiger partial charge on any atom is -0.307 e. The quantitative estimate of drug-likeness (QED) is 0.699. The highest BCUT2D eigenvalue weighted by molar-refractivity contribution is 5.42. The standard InChI is InChI=1S/C11H13N3O/c1-7-6-10-12-11(15)8-4-2-3-5-9(8)14(10)13-7/h6H,2-5H2,1H3,(H,12,15). The number of hydrogen-bond donors (Lipinski definition) is 1. The third kappa shape index (κ3) is 1.21. The molecule has 0 aromatic carbocycles. The second-order valence-corrected chi connectivity index (χ2v) is 4.17. The van der Waals surface area contributed by atoms with Gasteiger partial charge in [-0.2, -0.15) is 5.10 Å². The Balaban J connectivity index is 2.43. The molecule has 0 unspecified atom stereocenters. The lowest BCUT2D eigenvalue weighted by atomic mass is 9.97. The Morgan fingerprint density at radius 3 is 3.07 bits per heavy atom. The highest BCUT2D eigenvalue weighted by Crippen LogP contribution is 2.18. The van der Waals surface area contributed by atoms with Crippen LogP contribution in [0.1, 0.15) is 29.8 Å².